The standard InChI is InChI=1S/C15H25N3O2S/c1-11(2)13-14(21-10-17-13)15(20)16-9-12-5-3-6-18(12)7-4-8-19/h10-12,19H,3-9H2,1-2H3,(H,16,20). The van der Waals surface area contributed by atoms with Gasteiger partial charge in [0, 0.05) is 25.7 Å². The monoisotopic (exact) mass is 311 g/mol. The average Bonchev–Trinajstić information content (AvgIpc) is 3.11. The molecule has 1 aromatic heterocycles. The molecule has 1 atom stereocenters. The number of carbonyl (C=O) groups excluding carboxylic acids is 1. The van der Waals surface area contributed by atoms with Crippen LogP contribution in [0.5, 0.6) is 0 Å². The van der Waals surface area contributed by atoms with E-state index in [1.165, 1.54) is 17.8 Å². The van der Waals surface area contributed by atoms with Crippen LogP contribution in [-0.2, 0) is 0 Å². The van der Waals surface area contributed by atoms with Gasteiger partial charge >= 0.3 is 0 Å². The maximum absolute atomic E-state index is 12.3. The summed E-state index contributed by atoms with van der Waals surface area (Å²) < 4.78 is 0. The number of carbonyl (C=O) groups is 1. The first kappa shape index (κ1) is 16.4. The highest BCUT2D eigenvalue weighted by atomic mass is 32.1. The molecule has 0 aromatic carbocycles. The summed E-state index contributed by atoms with van der Waals surface area (Å²) in [5.41, 5.74) is 2.63. The third kappa shape index (κ3) is 4.25. The third-order valence-corrected chi connectivity index (χ3v) is 4.79. The second-order valence-electron chi connectivity index (χ2n) is 5.84. The molecule has 0 radical (unpaired) electrons. The molecule has 0 spiro atoms. The maximum atomic E-state index is 12.3. The van der Waals surface area contributed by atoms with Gasteiger partial charge in [-0.2, -0.15) is 0 Å². The number of thiazole rings is 1. The smallest absolute Gasteiger partial charge is 0.263 e. The van der Waals surface area contributed by atoms with E-state index in [-0.39, 0.29) is 18.4 Å². The van der Waals surface area contributed by atoms with Crippen LogP contribution in [0.3, 0.4) is 0 Å². The second kappa shape index (κ2) is 7.87. The van der Waals surface area contributed by atoms with Crippen molar-refractivity contribution in [3.63, 3.8) is 0 Å². The minimum absolute atomic E-state index is 0.00444. The van der Waals surface area contributed by atoms with Crippen molar-refractivity contribution in [3.8, 4) is 0 Å². The lowest BCUT2D eigenvalue weighted by Crippen LogP contribution is -2.40. The van der Waals surface area contributed by atoms with Crippen LogP contribution >= 0.6 is 11.3 Å². The van der Waals surface area contributed by atoms with Crippen molar-refractivity contribution in [1.29, 1.82) is 0 Å². The maximum Gasteiger partial charge on any atom is 0.263 e. The highest BCUT2D eigenvalue weighted by molar-refractivity contribution is 7.11. The minimum atomic E-state index is -0.00444. The van der Waals surface area contributed by atoms with E-state index in [0.717, 1.165) is 36.5 Å². The Hall–Kier alpha value is -0.980. The van der Waals surface area contributed by atoms with Crippen LogP contribution in [0.25, 0.3) is 0 Å². The lowest BCUT2D eigenvalue weighted by molar-refractivity contribution is 0.0942. The molecule has 2 heterocycles. The van der Waals surface area contributed by atoms with Gasteiger partial charge in [0.25, 0.3) is 5.91 Å². The number of nitrogens with one attached hydrogen (secondary N) is 1. The number of aliphatic hydroxyl groups excluding tert-OH is 1. The lowest BCUT2D eigenvalue weighted by Gasteiger charge is -2.24. The normalized spacial score (nSPS) is 19.3. The van der Waals surface area contributed by atoms with Crippen LogP contribution in [0.15, 0.2) is 5.51 Å². The Morgan fingerprint density at radius 3 is 3.14 bits per heavy atom. The van der Waals surface area contributed by atoms with E-state index < -0.39 is 0 Å². The van der Waals surface area contributed by atoms with Gasteiger partial charge < -0.3 is 10.4 Å². The first-order valence-electron chi connectivity index (χ1n) is 7.70. The van der Waals surface area contributed by atoms with Crippen molar-refractivity contribution in [2.24, 2.45) is 0 Å². The Morgan fingerprint density at radius 1 is 1.62 bits per heavy atom. The molecule has 0 aliphatic carbocycles. The summed E-state index contributed by atoms with van der Waals surface area (Å²) >= 11 is 1.41. The number of hydrogen-bond donors (Lipinski definition) is 2. The van der Waals surface area contributed by atoms with E-state index in [1.54, 1.807) is 5.51 Å². The molecule has 0 bridgehead atoms. The molecule has 2 rings (SSSR count). The van der Waals surface area contributed by atoms with Gasteiger partial charge in [0.2, 0.25) is 0 Å². The Balaban J connectivity index is 1.87. The average molecular weight is 311 g/mol. The van der Waals surface area contributed by atoms with Gasteiger partial charge in [-0.1, -0.05) is 13.8 Å². The number of aliphatic hydroxyl groups is 1. The van der Waals surface area contributed by atoms with Gasteiger partial charge in [-0.15, -0.1) is 11.3 Å². The number of amides is 1. The summed E-state index contributed by atoms with van der Waals surface area (Å²) in [4.78, 5) is 19.7. The highest BCUT2D eigenvalue weighted by Crippen LogP contribution is 2.22. The number of nitrogens with zero attached hydrogens (tertiary/aromatic N) is 2. The van der Waals surface area contributed by atoms with Crippen LogP contribution in [0.4, 0.5) is 0 Å². The van der Waals surface area contributed by atoms with Gasteiger partial charge in [0.05, 0.1) is 11.2 Å². The van der Waals surface area contributed by atoms with E-state index in [0.29, 0.717) is 12.6 Å². The quantitative estimate of drug-likeness (QED) is 0.806. The van der Waals surface area contributed by atoms with Gasteiger partial charge in [0.1, 0.15) is 4.88 Å². The Labute approximate surface area is 130 Å². The topological polar surface area (TPSA) is 65.5 Å². The minimum Gasteiger partial charge on any atom is -0.396 e. The molecule has 1 aromatic rings. The van der Waals surface area contributed by atoms with Gasteiger partial charge in [-0.25, -0.2) is 4.98 Å². The largest absolute Gasteiger partial charge is 0.396 e. The fourth-order valence-electron chi connectivity index (χ4n) is 2.82. The summed E-state index contributed by atoms with van der Waals surface area (Å²) in [5.74, 6) is 0.264. The highest BCUT2D eigenvalue weighted by Gasteiger charge is 2.25. The zero-order chi connectivity index (χ0) is 15.2. The molecule has 5 nitrogen and oxygen atoms in total. The molecule has 1 unspecified atom stereocenters. The number of rotatable bonds is 7. The molecule has 1 aliphatic rings. The Kier molecular flexibility index (Phi) is 6.14. The van der Waals surface area contributed by atoms with Gasteiger partial charge in [0.15, 0.2) is 0 Å². The predicted molar refractivity (Wildman–Crippen MR) is 84.8 cm³/mol. The molecule has 0 saturated carbocycles. The van der Waals surface area contributed by atoms with Crippen LogP contribution in [0, 0.1) is 0 Å². The third-order valence-electron chi connectivity index (χ3n) is 3.95. The number of aromatic nitrogens is 1. The van der Waals surface area contributed by atoms with E-state index in [4.69, 9.17) is 5.11 Å². The molecule has 2 N–H and O–H groups in total. The van der Waals surface area contributed by atoms with Crippen molar-refractivity contribution in [1.82, 2.24) is 15.2 Å². The first-order valence-corrected chi connectivity index (χ1v) is 8.58. The fourth-order valence-corrected chi connectivity index (χ4v) is 3.68. The zero-order valence-corrected chi connectivity index (χ0v) is 13.7. The Bertz CT molecular complexity index is 462. The van der Waals surface area contributed by atoms with Crippen LogP contribution in [0.2, 0.25) is 0 Å². The van der Waals surface area contributed by atoms with Crippen LogP contribution in [0.1, 0.15) is 54.4 Å². The summed E-state index contributed by atoms with van der Waals surface area (Å²) in [6, 6.07) is 0.399. The van der Waals surface area contributed by atoms with Crippen molar-refractivity contribution < 1.29 is 9.90 Å². The molecule has 1 amide bonds. The predicted octanol–water partition coefficient (Wildman–Crippen LogP) is 1.84. The van der Waals surface area contributed by atoms with E-state index >= 15 is 0 Å². The number of likely N-dealkylation sites (tertiary alicyclic amines) is 1. The SMILES string of the molecule is CC(C)c1ncsc1C(=O)NCC1CCCN1CCCO. The van der Waals surface area contributed by atoms with Crippen LogP contribution < -0.4 is 5.32 Å². The Morgan fingerprint density at radius 2 is 2.43 bits per heavy atom. The van der Waals surface area contributed by atoms with Crippen LogP contribution in [-0.4, -0.2) is 53.2 Å². The molecule has 21 heavy (non-hydrogen) atoms. The van der Waals surface area contributed by atoms with Crippen molar-refractivity contribution in [2.45, 2.75) is 45.1 Å². The number of hydrogen-bond acceptors (Lipinski definition) is 5. The molecule has 1 aliphatic heterocycles. The molecule has 6 heteroatoms. The van der Waals surface area contributed by atoms with E-state index in [9.17, 15) is 4.79 Å². The summed E-state index contributed by atoms with van der Waals surface area (Å²) in [5, 5.41) is 12.0. The second-order valence-corrected chi connectivity index (χ2v) is 6.70. The molecular weight excluding hydrogens is 286 g/mol. The fraction of sp³-hybridized carbons (Fsp3) is 0.733. The summed E-state index contributed by atoms with van der Waals surface area (Å²) in [6.07, 6.45) is 3.09. The van der Waals surface area contributed by atoms with Gasteiger partial charge in [-0.3, -0.25) is 9.69 Å². The zero-order valence-electron chi connectivity index (χ0n) is 12.8. The molecule has 1 fully saturated rings. The van der Waals surface area contributed by atoms with Gasteiger partial charge in [-0.05, 0) is 31.7 Å². The van der Waals surface area contributed by atoms with E-state index in [1.807, 2.05) is 0 Å². The van der Waals surface area contributed by atoms with E-state index in [2.05, 4.69) is 29.0 Å². The molecule has 118 valence electrons. The summed E-state index contributed by atoms with van der Waals surface area (Å²) in [7, 11) is 0. The molecular formula is C15H25N3O2S. The van der Waals surface area contributed by atoms with Crippen molar-refractivity contribution >= 4 is 17.2 Å². The first-order chi connectivity index (χ1) is 10.1. The lowest BCUT2D eigenvalue weighted by atomic mass is 10.1. The summed E-state index contributed by atoms with van der Waals surface area (Å²) in [6.45, 7) is 7.00. The van der Waals surface area contributed by atoms with Crippen molar-refractivity contribution in [2.75, 3.05) is 26.2 Å². The van der Waals surface area contributed by atoms with Crippen molar-refractivity contribution in [3.05, 3.63) is 16.1 Å². The molecule has 1 saturated heterocycles.